The van der Waals surface area contributed by atoms with Crippen molar-refractivity contribution >= 4 is 114 Å². The Morgan fingerprint density at radius 2 is 0.622 bits per heavy atom. The fourth-order valence-corrected chi connectivity index (χ4v) is 0. The molecule has 0 fully saturated rings. The molecule has 45 heavy (non-hydrogen) atoms. The van der Waals surface area contributed by atoms with Gasteiger partial charge in [0.25, 0.3) is 12.9 Å². The molecule has 0 aliphatic heterocycles. The summed E-state index contributed by atoms with van der Waals surface area (Å²) in [6, 6.07) is 0. The molecule has 0 aliphatic carbocycles. The fourth-order valence-electron chi connectivity index (χ4n) is 0. The average Bonchev–Trinajstić information content (AvgIpc) is 2.56. The van der Waals surface area contributed by atoms with Crippen LogP contribution in [0.15, 0.2) is 0 Å². The number of carbonyl (C=O) groups excluding carboxylic acids is 6. The molecule has 0 amide bonds. The Morgan fingerprint density at radius 3 is 0.622 bits per heavy atom. The zero-order chi connectivity index (χ0) is 19.1. The molecule has 0 heterocycles. The van der Waals surface area contributed by atoms with E-state index < -0.39 is 0 Å². The van der Waals surface area contributed by atoms with Crippen molar-refractivity contribution in [3.05, 3.63) is 0 Å². The van der Waals surface area contributed by atoms with E-state index in [2.05, 4.69) is 19.6 Å². The summed E-state index contributed by atoms with van der Waals surface area (Å²) >= 11 is 0. The maximum atomic E-state index is 8.70. The number of aliphatic hydroxyl groups excluding tert-OH is 1. The molecule has 0 spiro atoms. The quantitative estimate of drug-likeness (QED) is 0.0781. The molecule has 16 N–H and O–H groups in total. The first kappa shape index (κ1) is 297. The van der Waals surface area contributed by atoms with E-state index in [1.807, 2.05) is 0 Å². The number of hydrogen-bond donors (Lipinski definition) is 3. The Hall–Kier alpha value is 2.73. The van der Waals surface area contributed by atoms with Crippen molar-refractivity contribution in [2.24, 2.45) is 0 Å². The summed E-state index contributed by atoms with van der Waals surface area (Å²) in [4.78, 5) is 70.1. The number of carbonyl (C=O) groups is 4. The first-order chi connectivity index (χ1) is 10.5. The molecule has 272 valence electrons. The Bertz CT molecular complexity index is 268. The third kappa shape index (κ3) is 2060. The van der Waals surface area contributed by atoms with Crippen LogP contribution in [0.2, 0.25) is 0 Å². The molecule has 25 nitrogen and oxygen atoms in total. The average molecular weight is 799 g/mol. The summed E-state index contributed by atoms with van der Waals surface area (Å²) in [5.74, 6) is 0. The largest absolute Gasteiger partial charge is 2.00 e. The van der Waals surface area contributed by atoms with Crippen molar-refractivity contribution in [3.63, 3.8) is 0 Å². The van der Waals surface area contributed by atoms with Crippen LogP contribution in [0.5, 0.6) is 0 Å². The zero-order valence-corrected chi connectivity index (χ0v) is 32.0. The van der Waals surface area contributed by atoms with Crippen molar-refractivity contribution in [1.82, 2.24) is 0 Å². The van der Waals surface area contributed by atoms with Gasteiger partial charge < -0.3 is 90.7 Å². The van der Waals surface area contributed by atoms with Gasteiger partial charge in [-0.25, -0.2) is 10.5 Å². The van der Waals surface area contributed by atoms with Gasteiger partial charge in [-0.15, -0.1) is 0 Å². The van der Waals surface area contributed by atoms with Crippen LogP contribution in [-0.2, 0) is 53.1 Å². The van der Waals surface area contributed by atoms with E-state index in [4.69, 9.17) is 59.7 Å². The number of rotatable bonds is 4. The van der Waals surface area contributed by atoms with Gasteiger partial charge in [0.15, 0.2) is 0 Å². The van der Waals surface area contributed by atoms with E-state index in [0.717, 1.165) is 0 Å². The predicted molar refractivity (Wildman–Crippen MR) is 143 cm³/mol. The molecule has 0 bridgehead atoms. The fraction of sp³-hybridized carbons (Fsp3) is 0.571. The van der Waals surface area contributed by atoms with Crippen LogP contribution >= 0.6 is 0 Å². The first-order valence-electron chi connectivity index (χ1n) is 3.42. The van der Waals surface area contributed by atoms with Gasteiger partial charge in [0.1, 0.15) is 0 Å². The van der Waals surface area contributed by atoms with Crippen LogP contribution in [0.1, 0.15) is 65.1 Å². The molecule has 0 saturated heterocycles. The van der Waals surface area contributed by atoms with Gasteiger partial charge in [0.05, 0.1) is 0 Å². The van der Waals surface area contributed by atoms with Crippen LogP contribution in [0.25, 0.3) is 0 Å². The van der Waals surface area contributed by atoms with E-state index in [1.54, 1.807) is 0 Å². The molecule has 0 unspecified atom stereocenters. The summed E-state index contributed by atoms with van der Waals surface area (Å²) in [6.07, 6.45) is 0.250. The van der Waals surface area contributed by atoms with Crippen LogP contribution in [0, 0.1) is 0 Å². The van der Waals surface area contributed by atoms with E-state index in [1.165, 1.54) is 0 Å². The smallest absolute Gasteiger partial charge is 1.00 e. The van der Waals surface area contributed by atoms with Crippen molar-refractivity contribution in [2.75, 3.05) is 0 Å². The summed E-state index contributed by atoms with van der Waals surface area (Å²) in [6.45, 7) is 0. The second-order valence-corrected chi connectivity index (χ2v) is 0.963. The van der Waals surface area contributed by atoms with Gasteiger partial charge in [-0.2, -0.15) is 9.59 Å². The van der Waals surface area contributed by atoms with Crippen molar-refractivity contribution in [1.29, 1.82) is 0 Å². The molecule has 0 rings (SSSR count). The van der Waals surface area contributed by atoms with E-state index in [0.29, 0.717) is 6.47 Å². The summed E-state index contributed by atoms with van der Waals surface area (Å²) in [7, 11) is 0. The van der Waals surface area contributed by atoms with Crippen molar-refractivity contribution < 1.29 is 252 Å². The van der Waals surface area contributed by atoms with E-state index in [9.17, 15) is 0 Å². The Balaban J connectivity index is -0.00000000183. The van der Waals surface area contributed by atoms with Gasteiger partial charge in [0, 0.05) is 2.85 Å². The van der Waals surface area contributed by atoms with Crippen LogP contribution in [-0.4, -0.2) is 179 Å². The molecule has 31 heteroatoms. The minimum absolute atomic E-state index is 0. The maximum Gasteiger partial charge on any atom is 2.00 e. The maximum absolute atomic E-state index is 8.70. The van der Waals surface area contributed by atoms with Crippen LogP contribution in [0.4, 0.5) is 0 Å². The molecule has 0 aromatic rings. The molecule has 0 saturated carbocycles. The standard InChI is InChI=1S/4CH2O3.CHO2.CO2.8CH4.2Ca.4Na.9H2O.2H2.H/c4*2-1-4-3;2*2-1-3;;;;;;;;;;;;;;;;;;;;;;;;;;/h4*1,3H;(H,2,3);;8*1H4;;;;;;;9*1H2;2*1H;/q;;;;-1;;;;;;;;;;2*+2;4*+1;;;;;;;;;;;;-1/p-6. The van der Waals surface area contributed by atoms with Gasteiger partial charge >= 0.3 is 214 Å². The summed E-state index contributed by atoms with van der Waals surface area (Å²) < 4.78 is 0. The molecule has 0 aliphatic rings. The molecular weight excluding hydrogens is 740 g/mol. The second-order valence-electron chi connectivity index (χ2n) is 0.963. The number of hydrogen-bond acceptors (Lipinski definition) is 20. The van der Waals surface area contributed by atoms with Crippen LogP contribution < -0.4 is 129 Å². The summed E-state index contributed by atoms with van der Waals surface area (Å²) in [5.41, 5.74) is 0. The second kappa shape index (κ2) is 603. The van der Waals surface area contributed by atoms with Gasteiger partial charge in [0.2, 0.25) is 0 Å². The molecular formula is C14H58Ca2Na4O25. The van der Waals surface area contributed by atoms with Crippen LogP contribution in [0.3, 0.4) is 0 Å². The van der Waals surface area contributed by atoms with Gasteiger partial charge in [-0.1, -0.05) is 65.9 Å². The van der Waals surface area contributed by atoms with Crippen molar-refractivity contribution in [3.8, 4) is 0 Å². The van der Waals surface area contributed by atoms with Gasteiger partial charge in [-0.05, 0) is 0 Å². The normalized spacial score (nSPS) is 2.31. The third-order valence-electron chi connectivity index (χ3n) is 0.165. The zero-order valence-electron chi connectivity index (χ0n) is 21.6. The van der Waals surface area contributed by atoms with Gasteiger partial charge in [-0.3, -0.25) is 19.2 Å². The minimum atomic E-state index is -0.181. The first-order valence-corrected chi connectivity index (χ1v) is 3.42. The molecule has 0 radical (unpaired) electrons. The predicted octanol–water partition coefficient (Wildman–Crippen LogP) is -16.0. The van der Waals surface area contributed by atoms with E-state index >= 15 is 0 Å². The topological polar surface area (TPSA) is 539 Å². The monoisotopic (exact) mass is 798 g/mol. The molecule has 0 aromatic heterocycles. The molecule has 0 aromatic carbocycles. The molecule has 0 atom stereocenters. The van der Waals surface area contributed by atoms with E-state index in [-0.39, 0.29) is 340 Å². The third-order valence-corrected chi connectivity index (χ3v) is 0.165. The SMILES string of the molecule is C.C.C.C.C.C.C.C.O.O.O.O.O=C=O.O=COO.O=COO.O=CO[O-].O=CO[O-].O=[C-]O.[Ca+2].[Ca+2].[H+].[H-].[HH].[HH].[Na+].[Na+].[Na+].[Na+].[OH-].[OH-].[OH-].[OH-].[OH-]. The van der Waals surface area contributed by atoms with Crippen molar-refractivity contribution in [2.45, 2.75) is 59.4 Å². The minimum Gasteiger partial charge on any atom is -1.00 e. The summed E-state index contributed by atoms with van der Waals surface area (Å²) in [5, 5.41) is 37.6. The Kier molecular flexibility index (Phi) is 3980. The Morgan fingerprint density at radius 1 is 0.578 bits per heavy atom. The Labute approximate surface area is 419 Å².